The smallest absolute Gasteiger partial charge is 0.0708 e. The van der Waals surface area contributed by atoms with Crippen LogP contribution in [0.3, 0.4) is 0 Å². The highest BCUT2D eigenvalue weighted by molar-refractivity contribution is 5.85. The summed E-state index contributed by atoms with van der Waals surface area (Å²) in [6.45, 7) is 4.37. The largest absolute Gasteiger partial charge is 0.256 e. The van der Waals surface area contributed by atoms with Crippen molar-refractivity contribution in [1.29, 1.82) is 0 Å². The molecule has 0 saturated heterocycles. The number of benzene rings is 2. The molecule has 1 nitrogen and oxygen atoms in total. The standard InChI is InChI=1S/C19H19N/c1-3-14-6-5-7-16(10-14)19-12-18-11-15(4-2)8-9-17(18)13-20-19/h5-13H,3-4H2,1-2H3. The van der Waals surface area contributed by atoms with E-state index in [-0.39, 0.29) is 0 Å². The van der Waals surface area contributed by atoms with Gasteiger partial charge in [0.15, 0.2) is 0 Å². The third kappa shape index (κ3) is 2.44. The fraction of sp³-hybridized carbons (Fsp3) is 0.211. The van der Waals surface area contributed by atoms with Gasteiger partial charge in [-0.2, -0.15) is 0 Å². The maximum atomic E-state index is 4.61. The predicted molar refractivity (Wildman–Crippen MR) is 85.9 cm³/mol. The molecule has 0 amide bonds. The molecule has 0 saturated carbocycles. The number of rotatable bonds is 3. The third-order valence-corrected chi connectivity index (χ3v) is 3.83. The van der Waals surface area contributed by atoms with Gasteiger partial charge in [-0.15, -0.1) is 0 Å². The number of aryl methyl sites for hydroxylation is 2. The first-order valence-corrected chi connectivity index (χ1v) is 7.28. The molecule has 3 rings (SSSR count). The van der Waals surface area contributed by atoms with E-state index in [4.69, 9.17) is 0 Å². The van der Waals surface area contributed by atoms with Crippen LogP contribution in [0.4, 0.5) is 0 Å². The normalized spacial score (nSPS) is 10.9. The van der Waals surface area contributed by atoms with E-state index in [9.17, 15) is 0 Å². The molecule has 1 heterocycles. The number of pyridine rings is 1. The lowest BCUT2D eigenvalue weighted by molar-refractivity contribution is 1.14. The molecular weight excluding hydrogens is 242 g/mol. The number of hydrogen-bond donors (Lipinski definition) is 0. The molecular formula is C19H19N. The van der Waals surface area contributed by atoms with E-state index in [1.807, 2.05) is 6.20 Å². The Kier molecular flexibility index (Phi) is 3.51. The summed E-state index contributed by atoms with van der Waals surface area (Å²) in [6, 6.07) is 17.5. The van der Waals surface area contributed by atoms with Crippen LogP contribution < -0.4 is 0 Å². The monoisotopic (exact) mass is 261 g/mol. The van der Waals surface area contributed by atoms with Gasteiger partial charge in [0.1, 0.15) is 0 Å². The lowest BCUT2D eigenvalue weighted by atomic mass is 10.0. The molecule has 0 aliphatic heterocycles. The summed E-state index contributed by atoms with van der Waals surface area (Å²) in [5.41, 5.74) is 4.98. The Morgan fingerprint density at radius 3 is 2.40 bits per heavy atom. The molecule has 1 heteroatoms. The molecule has 0 bridgehead atoms. The van der Waals surface area contributed by atoms with Crippen molar-refractivity contribution in [3.05, 3.63) is 65.9 Å². The fourth-order valence-electron chi connectivity index (χ4n) is 2.52. The highest BCUT2D eigenvalue weighted by atomic mass is 14.7. The van der Waals surface area contributed by atoms with Crippen LogP contribution >= 0.6 is 0 Å². The van der Waals surface area contributed by atoms with E-state index in [0.717, 1.165) is 18.5 Å². The summed E-state index contributed by atoms with van der Waals surface area (Å²) in [4.78, 5) is 4.61. The zero-order valence-corrected chi connectivity index (χ0v) is 12.1. The Morgan fingerprint density at radius 2 is 1.60 bits per heavy atom. The first-order chi connectivity index (χ1) is 9.80. The van der Waals surface area contributed by atoms with Gasteiger partial charge in [0.2, 0.25) is 0 Å². The van der Waals surface area contributed by atoms with Gasteiger partial charge in [0, 0.05) is 17.1 Å². The zero-order valence-electron chi connectivity index (χ0n) is 12.1. The van der Waals surface area contributed by atoms with E-state index in [1.54, 1.807) is 0 Å². The molecule has 0 unspecified atom stereocenters. The maximum Gasteiger partial charge on any atom is 0.0708 e. The van der Waals surface area contributed by atoms with Gasteiger partial charge in [0.05, 0.1) is 5.69 Å². The number of fused-ring (bicyclic) bond motifs is 1. The van der Waals surface area contributed by atoms with Crippen molar-refractivity contribution in [3.8, 4) is 11.3 Å². The first kappa shape index (κ1) is 12.9. The summed E-state index contributed by atoms with van der Waals surface area (Å²) in [5, 5.41) is 2.48. The Hall–Kier alpha value is -2.15. The van der Waals surface area contributed by atoms with Crippen LogP contribution in [0.1, 0.15) is 25.0 Å². The maximum absolute atomic E-state index is 4.61. The van der Waals surface area contributed by atoms with Crippen molar-refractivity contribution in [2.45, 2.75) is 26.7 Å². The van der Waals surface area contributed by atoms with Crippen molar-refractivity contribution in [1.82, 2.24) is 4.98 Å². The highest BCUT2D eigenvalue weighted by Crippen LogP contribution is 2.24. The topological polar surface area (TPSA) is 12.9 Å². The van der Waals surface area contributed by atoms with Gasteiger partial charge in [-0.1, -0.05) is 50.2 Å². The second-order valence-corrected chi connectivity index (χ2v) is 5.16. The highest BCUT2D eigenvalue weighted by Gasteiger charge is 2.03. The van der Waals surface area contributed by atoms with Gasteiger partial charge in [-0.25, -0.2) is 0 Å². The minimum Gasteiger partial charge on any atom is -0.256 e. The molecule has 0 aliphatic rings. The van der Waals surface area contributed by atoms with Crippen molar-refractivity contribution in [3.63, 3.8) is 0 Å². The molecule has 0 N–H and O–H groups in total. The van der Waals surface area contributed by atoms with Gasteiger partial charge in [0.25, 0.3) is 0 Å². The Labute approximate surface area is 120 Å². The van der Waals surface area contributed by atoms with Gasteiger partial charge in [-0.05, 0) is 41.5 Å². The van der Waals surface area contributed by atoms with Crippen molar-refractivity contribution < 1.29 is 0 Å². The third-order valence-electron chi connectivity index (χ3n) is 3.83. The molecule has 0 atom stereocenters. The molecule has 1 aromatic heterocycles. The van der Waals surface area contributed by atoms with Crippen LogP contribution in [0.15, 0.2) is 54.7 Å². The van der Waals surface area contributed by atoms with Crippen LogP contribution in [0.2, 0.25) is 0 Å². The average Bonchev–Trinajstić information content (AvgIpc) is 2.53. The number of aromatic nitrogens is 1. The Bertz CT molecular complexity index is 744. The zero-order chi connectivity index (χ0) is 13.9. The van der Waals surface area contributed by atoms with Crippen LogP contribution in [-0.4, -0.2) is 4.98 Å². The Balaban J connectivity index is 2.11. The van der Waals surface area contributed by atoms with E-state index >= 15 is 0 Å². The van der Waals surface area contributed by atoms with E-state index in [2.05, 4.69) is 67.4 Å². The van der Waals surface area contributed by atoms with Crippen LogP contribution in [-0.2, 0) is 12.8 Å². The van der Waals surface area contributed by atoms with E-state index < -0.39 is 0 Å². The minimum atomic E-state index is 1.06. The summed E-state index contributed by atoms with van der Waals surface area (Å²) in [7, 11) is 0. The van der Waals surface area contributed by atoms with E-state index in [0.29, 0.717) is 0 Å². The lowest BCUT2D eigenvalue weighted by Gasteiger charge is -2.06. The summed E-state index contributed by atoms with van der Waals surface area (Å²) >= 11 is 0. The number of nitrogens with zero attached hydrogens (tertiary/aromatic N) is 1. The Morgan fingerprint density at radius 1 is 0.800 bits per heavy atom. The molecule has 20 heavy (non-hydrogen) atoms. The van der Waals surface area contributed by atoms with Crippen LogP contribution in [0, 0.1) is 0 Å². The van der Waals surface area contributed by atoms with Crippen molar-refractivity contribution >= 4 is 10.8 Å². The quantitative estimate of drug-likeness (QED) is 0.644. The fourth-order valence-corrected chi connectivity index (χ4v) is 2.52. The van der Waals surface area contributed by atoms with Crippen LogP contribution in [0.25, 0.3) is 22.0 Å². The molecule has 100 valence electrons. The summed E-state index contributed by atoms with van der Waals surface area (Å²) in [5.74, 6) is 0. The second kappa shape index (κ2) is 5.46. The van der Waals surface area contributed by atoms with Crippen molar-refractivity contribution in [2.75, 3.05) is 0 Å². The van der Waals surface area contributed by atoms with E-state index in [1.165, 1.54) is 27.5 Å². The van der Waals surface area contributed by atoms with Crippen molar-refractivity contribution in [2.24, 2.45) is 0 Å². The lowest BCUT2D eigenvalue weighted by Crippen LogP contribution is -1.87. The molecule has 2 aromatic carbocycles. The number of hydrogen-bond acceptors (Lipinski definition) is 1. The molecule has 0 spiro atoms. The first-order valence-electron chi connectivity index (χ1n) is 7.28. The molecule has 0 fully saturated rings. The van der Waals surface area contributed by atoms with Gasteiger partial charge in [-0.3, -0.25) is 4.98 Å². The predicted octanol–water partition coefficient (Wildman–Crippen LogP) is 5.03. The molecule has 0 radical (unpaired) electrons. The van der Waals surface area contributed by atoms with Gasteiger partial charge < -0.3 is 0 Å². The molecule has 3 aromatic rings. The second-order valence-electron chi connectivity index (χ2n) is 5.16. The van der Waals surface area contributed by atoms with Crippen LogP contribution in [0.5, 0.6) is 0 Å². The average molecular weight is 261 g/mol. The van der Waals surface area contributed by atoms with Gasteiger partial charge >= 0.3 is 0 Å². The minimum absolute atomic E-state index is 1.06. The molecule has 0 aliphatic carbocycles. The SMILES string of the molecule is CCc1cccc(-c2cc3cc(CC)ccc3cn2)c1. The summed E-state index contributed by atoms with van der Waals surface area (Å²) in [6.07, 6.45) is 4.10. The summed E-state index contributed by atoms with van der Waals surface area (Å²) < 4.78 is 0.